The van der Waals surface area contributed by atoms with Crippen molar-refractivity contribution in [1.29, 1.82) is 0 Å². The quantitative estimate of drug-likeness (QED) is 0.278. The number of amidine groups is 1. The van der Waals surface area contributed by atoms with Crippen molar-refractivity contribution in [1.82, 2.24) is 20.1 Å². The van der Waals surface area contributed by atoms with Gasteiger partial charge in [-0.15, -0.1) is 10.2 Å². The van der Waals surface area contributed by atoms with E-state index in [1.807, 2.05) is 20.9 Å². The van der Waals surface area contributed by atoms with E-state index in [-0.39, 0.29) is 17.7 Å². The number of carbonyl (C=O) groups excluding carboxylic acids is 1. The lowest BCUT2D eigenvalue weighted by Gasteiger charge is -2.18. The van der Waals surface area contributed by atoms with Crippen LogP contribution in [0.4, 0.5) is 0 Å². The molecule has 0 fully saturated rings. The zero-order valence-corrected chi connectivity index (χ0v) is 11.4. The van der Waals surface area contributed by atoms with E-state index in [1.54, 1.807) is 10.9 Å². The van der Waals surface area contributed by atoms with Crippen LogP contribution >= 0.6 is 0 Å². The number of aromatic nitrogens is 3. The number of amides is 1. The minimum Gasteiger partial charge on any atom is -0.409 e. The van der Waals surface area contributed by atoms with Crippen molar-refractivity contribution < 1.29 is 10.0 Å². The van der Waals surface area contributed by atoms with E-state index in [0.717, 1.165) is 5.82 Å². The van der Waals surface area contributed by atoms with Gasteiger partial charge in [0.25, 0.3) is 0 Å². The minimum atomic E-state index is -0.635. The molecule has 0 aliphatic rings. The Kier molecular flexibility index (Phi) is 5.28. The summed E-state index contributed by atoms with van der Waals surface area (Å²) in [5.41, 5.74) is 5.52. The fourth-order valence-electron chi connectivity index (χ4n) is 1.78. The maximum Gasteiger partial charge on any atom is 0.231 e. The smallest absolute Gasteiger partial charge is 0.231 e. The Hall–Kier alpha value is -2.12. The first-order valence-corrected chi connectivity index (χ1v) is 6.05. The third kappa shape index (κ3) is 3.94. The van der Waals surface area contributed by atoms with Crippen LogP contribution in [0.25, 0.3) is 0 Å². The fourth-order valence-corrected chi connectivity index (χ4v) is 1.78. The summed E-state index contributed by atoms with van der Waals surface area (Å²) in [4.78, 5) is 12.0. The molecular formula is C11H20N6O2. The van der Waals surface area contributed by atoms with E-state index < -0.39 is 5.92 Å². The number of nitrogens with two attached hydrogens (primary N) is 1. The fraction of sp³-hybridized carbons (Fsp3) is 0.636. The van der Waals surface area contributed by atoms with Gasteiger partial charge in [0.15, 0.2) is 5.84 Å². The van der Waals surface area contributed by atoms with Gasteiger partial charge in [0.05, 0.1) is 0 Å². The van der Waals surface area contributed by atoms with E-state index in [0.29, 0.717) is 13.0 Å². The summed E-state index contributed by atoms with van der Waals surface area (Å²) in [7, 11) is 1.84. The molecule has 0 aromatic carbocycles. The van der Waals surface area contributed by atoms with Crippen LogP contribution in [-0.2, 0) is 18.3 Å². The molecule has 1 atom stereocenters. The molecule has 1 amide bonds. The van der Waals surface area contributed by atoms with E-state index >= 15 is 0 Å². The topological polar surface area (TPSA) is 118 Å². The molecule has 0 radical (unpaired) electrons. The molecule has 4 N–H and O–H groups in total. The van der Waals surface area contributed by atoms with Crippen LogP contribution < -0.4 is 11.1 Å². The number of nitrogens with one attached hydrogen (secondary N) is 1. The first-order chi connectivity index (χ1) is 8.97. The zero-order valence-electron chi connectivity index (χ0n) is 11.4. The predicted molar refractivity (Wildman–Crippen MR) is 69.5 cm³/mol. The molecular weight excluding hydrogens is 248 g/mol. The van der Waals surface area contributed by atoms with Crippen LogP contribution in [0, 0.1) is 11.8 Å². The molecule has 1 aromatic rings. The first-order valence-electron chi connectivity index (χ1n) is 6.05. The third-order valence-electron chi connectivity index (χ3n) is 2.84. The molecule has 1 heterocycles. The molecule has 1 rings (SSSR count). The van der Waals surface area contributed by atoms with Crippen molar-refractivity contribution in [3.05, 3.63) is 12.2 Å². The maximum atomic E-state index is 12.0. The molecule has 0 saturated carbocycles. The van der Waals surface area contributed by atoms with Gasteiger partial charge in [0.2, 0.25) is 5.91 Å². The molecule has 19 heavy (non-hydrogen) atoms. The van der Waals surface area contributed by atoms with E-state index in [2.05, 4.69) is 20.7 Å². The van der Waals surface area contributed by atoms with Crippen molar-refractivity contribution in [2.24, 2.45) is 29.8 Å². The highest BCUT2D eigenvalue weighted by molar-refractivity contribution is 6.02. The number of nitrogens with zero attached hydrogens (tertiary/aromatic N) is 4. The molecule has 0 aliphatic carbocycles. The second-order valence-corrected chi connectivity index (χ2v) is 4.65. The number of rotatable bonds is 6. The molecule has 1 aromatic heterocycles. The lowest BCUT2D eigenvalue weighted by atomic mass is 9.94. The summed E-state index contributed by atoms with van der Waals surface area (Å²) in [6.45, 7) is 4.10. The molecule has 1 unspecified atom stereocenters. The van der Waals surface area contributed by atoms with Gasteiger partial charge in [0.1, 0.15) is 18.1 Å². The number of hydrogen-bond acceptors (Lipinski definition) is 5. The second-order valence-electron chi connectivity index (χ2n) is 4.65. The van der Waals surface area contributed by atoms with Crippen LogP contribution in [0.15, 0.2) is 11.5 Å². The monoisotopic (exact) mass is 268 g/mol. The van der Waals surface area contributed by atoms with Crippen LogP contribution in [0.5, 0.6) is 0 Å². The van der Waals surface area contributed by atoms with E-state index in [9.17, 15) is 4.79 Å². The van der Waals surface area contributed by atoms with Crippen molar-refractivity contribution in [2.45, 2.75) is 20.3 Å². The molecule has 0 aliphatic heterocycles. The molecule has 8 heteroatoms. The van der Waals surface area contributed by atoms with E-state index in [4.69, 9.17) is 10.9 Å². The Morgan fingerprint density at radius 3 is 2.79 bits per heavy atom. The predicted octanol–water partition coefficient (Wildman–Crippen LogP) is -0.508. The van der Waals surface area contributed by atoms with Crippen molar-refractivity contribution >= 4 is 11.7 Å². The van der Waals surface area contributed by atoms with Crippen LogP contribution in [0.1, 0.15) is 19.7 Å². The van der Waals surface area contributed by atoms with Gasteiger partial charge in [-0.3, -0.25) is 4.79 Å². The second kappa shape index (κ2) is 6.72. The molecule has 0 bridgehead atoms. The minimum absolute atomic E-state index is 0.0503. The molecule has 0 saturated heterocycles. The number of hydrogen-bond donors (Lipinski definition) is 3. The van der Waals surface area contributed by atoms with Crippen LogP contribution in [-0.4, -0.2) is 38.3 Å². The Labute approximate surface area is 111 Å². The molecule has 8 nitrogen and oxygen atoms in total. The summed E-state index contributed by atoms with van der Waals surface area (Å²) in [6.07, 6.45) is 2.17. The highest BCUT2D eigenvalue weighted by Gasteiger charge is 2.26. The summed E-state index contributed by atoms with van der Waals surface area (Å²) in [5.74, 6) is -0.237. The third-order valence-corrected chi connectivity index (χ3v) is 2.84. The summed E-state index contributed by atoms with van der Waals surface area (Å²) >= 11 is 0. The SMILES string of the molecule is CC(C)C(C(=O)NCCc1nncn1C)C(N)=NO. The number of oxime groups is 1. The molecule has 0 spiro atoms. The lowest BCUT2D eigenvalue weighted by molar-refractivity contribution is -0.124. The standard InChI is InChI=1S/C11H20N6O2/c1-7(2)9(10(12)16-19)11(18)13-5-4-8-15-14-6-17(8)3/h6-7,9,19H,4-5H2,1-3H3,(H2,12,16)(H,13,18). The Balaban J connectivity index is 2.52. The first kappa shape index (κ1) is 14.9. The van der Waals surface area contributed by atoms with Gasteiger partial charge >= 0.3 is 0 Å². The number of aryl methyl sites for hydroxylation is 1. The average molecular weight is 268 g/mol. The van der Waals surface area contributed by atoms with E-state index in [1.165, 1.54) is 0 Å². The van der Waals surface area contributed by atoms with Crippen molar-refractivity contribution in [2.75, 3.05) is 6.54 Å². The average Bonchev–Trinajstić information content (AvgIpc) is 2.74. The highest BCUT2D eigenvalue weighted by Crippen LogP contribution is 2.11. The molecule has 106 valence electrons. The largest absolute Gasteiger partial charge is 0.409 e. The maximum absolute atomic E-state index is 12.0. The zero-order chi connectivity index (χ0) is 14.4. The van der Waals surface area contributed by atoms with Gasteiger partial charge in [-0.25, -0.2) is 0 Å². The summed E-state index contributed by atoms with van der Waals surface area (Å²) < 4.78 is 1.79. The van der Waals surface area contributed by atoms with Gasteiger partial charge < -0.3 is 20.8 Å². The highest BCUT2D eigenvalue weighted by atomic mass is 16.4. The van der Waals surface area contributed by atoms with Gasteiger partial charge in [-0.05, 0) is 5.92 Å². The Morgan fingerprint density at radius 2 is 2.32 bits per heavy atom. The normalized spacial score (nSPS) is 13.6. The summed E-state index contributed by atoms with van der Waals surface area (Å²) in [5, 5.41) is 22.0. The van der Waals surface area contributed by atoms with Crippen LogP contribution in [0.2, 0.25) is 0 Å². The van der Waals surface area contributed by atoms with Gasteiger partial charge in [0, 0.05) is 20.0 Å². The van der Waals surface area contributed by atoms with Crippen molar-refractivity contribution in [3.8, 4) is 0 Å². The van der Waals surface area contributed by atoms with Gasteiger partial charge in [-0.2, -0.15) is 0 Å². The van der Waals surface area contributed by atoms with Crippen LogP contribution in [0.3, 0.4) is 0 Å². The van der Waals surface area contributed by atoms with Crippen molar-refractivity contribution in [3.63, 3.8) is 0 Å². The Bertz CT molecular complexity index is 454. The van der Waals surface area contributed by atoms with Gasteiger partial charge in [-0.1, -0.05) is 19.0 Å². The number of carbonyl (C=O) groups is 1. The lowest BCUT2D eigenvalue weighted by Crippen LogP contribution is -2.42. The summed E-state index contributed by atoms with van der Waals surface area (Å²) in [6, 6.07) is 0. The Morgan fingerprint density at radius 1 is 1.63 bits per heavy atom.